The van der Waals surface area contributed by atoms with Crippen molar-refractivity contribution in [2.75, 3.05) is 0 Å². The van der Waals surface area contributed by atoms with Crippen LogP contribution in [0.1, 0.15) is 19.8 Å². The molecule has 0 aromatic rings. The number of hydrogen-bond donors (Lipinski definition) is 0. The van der Waals surface area contributed by atoms with Gasteiger partial charge in [-0.25, -0.2) is 8.78 Å². The average molecular weight is 173 g/mol. The highest BCUT2D eigenvalue weighted by atomic mass is 19.3. The molecule has 0 aromatic carbocycles. The molecule has 66 valence electrons. The Morgan fingerprint density at radius 3 is 2.50 bits per heavy atom. The van der Waals surface area contributed by atoms with Crippen LogP contribution in [0.25, 0.3) is 0 Å². The summed E-state index contributed by atoms with van der Waals surface area (Å²) in [4.78, 5) is 11.1. The molecule has 1 rings (SSSR count). The first-order valence-electron chi connectivity index (χ1n) is 3.77. The molecule has 0 radical (unpaired) electrons. The van der Waals surface area contributed by atoms with Crippen LogP contribution < -0.4 is 0 Å². The second-order valence-electron chi connectivity index (χ2n) is 3.21. The topological polar surface area (TPSA) is 40.9 Å². The van der Waals surface area contributed by atoms with Crippen LogP contribution in [0.3, 0.4) is 0 Å². The number of carbonyl (C=O) groups excluding carboxylic acids is 1. The van der Waals surface area contributed by atoms with Gasteiger partial charge in [-0.15, -0.1) is 0 Å². The fraction of sp³-hybridized carbons (Fsp3) is 0.750. The molecule has 0 spiro atoms. The highest BCUT2D eigenvalue weighted by molar-refractivity contribution is 5.86. The van der Waals surface area contributed by atoms with E-state index in [0.717, 1.165) is 0 Å². The predicted molar refractivity (Wildman–Crippen MR) is 37.5 cm³/mol. The number of alkyl halides is 2. The van der Waals surface area contributed by atoms with E-state index in [4.69, 9.17) is 5.26 Å². The van der Waals surface area contributed by atoms with Gasteiger partial charge < -0.3 is 0 Å². The highest BCUT2D eigenvalue weighted by Gasteiger charge is 2.49. The first-order chi connectivity index (χ1) is 5.46. The van der Waals surface area contributed by atoms with E-state index in [1.165, 1.54) is 6.92 Å². The molecule has 1 fully saturated rings. The molecule has 0 N–H and O–H groups in total. The van der Waals surface area contributed by atoms with E-state index in [-0.39, 0.29) is 18.6 Å². The minimum absolute atomic E-state index is 0.344. The van der Waals surface area contributed by atoms with E-state index in [9.17, 15) is 13.6 Å². The lowest BCUT2D eigenvalue weighted by atomic mass is 9.75. The third-order valence-electron chi connectivity index (χ3n) is 2.11. The summed E-state index contributed by atoms with van der Waals surface area (Å²) in [6.45, 7) is 1.44. The molecule has 2 nitrogen and oxygen atoms in total. The van der Waals surface area contributed by atoms with E-state index in [1.54, 1.807) is 6.07 Å². The molecule has 4 heteroatoms. The minimum Gasteiger partial charge on any atom is -0.298 e. The Hall–Kier alpha value is -0.980. The number of halogens is 2. The second kappa shape index (κ2) is 2.81. The summed E-state index contributed by atoms with van der Waals surface area (Å²) < 4.78 is 24.6. The average Bonchev–Trinajstić information content (AvgIpc) is 1.97. The van der Waals surface area contributed by atoms with Crippen molar-refractivity contribution in [2.45, 2.75) is 25.7 Å². The van der Waals surface area contributed by atoms with Crippen LogP contribution in [-0.2, 0) is 4.79 Å². The largest absolute Gasteiger partial charge is 0.298 e. The third-order valence-corrected chi connectivity index (χ3v) is 2.11. The number of hydrogen-bond acceptors (Lipinski definition) is 2. The lowest BCUT2D eigenvalue weighted by Crippen LogP contribution is -2.41. The number of carbonyl (C=O) groups is 1. The van der Waals surface area contributed by atoms with Crippen LogP contribution in [0.2, 0.25) is 0 Å². The Balaban J connectivity index is 2.45. The molecule has 0 aromatic heterocycles. The van der Waals surface area contributed by atoms with Crippen molar-refractivity contribution < 1.29 is 13.6 Å². The zero-order valence-corrected chi connectivity index (χ0v) is 6.68. The van der Waals surface area contributed by atoms with Crippen molar-refractivity contribution in [3.8, 4) is 6.07 Å². The van der Waals surface area contributed by atoms with Gasteiger partial charge in [-0.2, -0.15) is 5.26 Å². The molecule has 1 saturated carbocycles. The van der Waals surface area contributed by atoms with E-state index in [0.29, 0.717) is 0 Å². The van der Waals surface area contributed by atoms with Gasteiger partial charge in [0, 0.05) is 18.8 Å². The predicted octanol–water partition coefficient (Wildman–Crippen LogP) is 1.76. The summed E-state index contributed by atoms with van der Waals surface area (Å²) in [7, 11) is 0. The Labute approximate surface area is 69.2 Å². The van der Waals surface area contributed by atoms with Crippen LogP contribution >= 0.6 is 0 Å². The van der Waals surface area contributed by atoms with Gasteiger partial charge in [0.15, 0.2) is 5.78 Å². The smallest absolute Gasteiger partial charge is 0.249 e. The Morgan fingerprint density at radius 2 is 2.17 bits per heavy atom. The van der Waals surface area contributed by atoms with Crippen LogP contribution in [-0.4, -0.2) is 11.7 Å². The van der Waals surface area contributed by atoms with Gasteiger partial charge in [0.2, 0.25) is 5.92 Å². The Kier molecular flexibility index (Phi) is 2.14. The summed E-state index contributed by atoms with van der Waals surface area (Å²) in [5.41, 5.74) is 0. The molecule has 0 bridgehead atoms. The summed E-state index contributed by atoms with van der Waals surface area (Å²) >= 11 is 0. The quantitative estimate of drug-likeness (QED) is 0.638. The molecule has 0 heterocycles. The number of ketones is 1. The molecule has 12 heavy (non-hydrogen) atoms. The van der Waals surface area contributed by atoms with Crippen LogP contribution in [0, 0.1) is 23.2 Å². The van der Waals surface area contributed by atoms with Gasteiger partial charge in [-0.1, -0.05) is 0 Å². The van der Waals surface area contributed by atoms with Crippen LogP contribution in [0.5, 0.6) is 0 Å². The first-order valence-corrected chi connectivity index (χ1v) is 3.77. The monoisotopic (exact) mass is 173 g/mol. The van der Waals surface area contributed by atoms with E-state index >= 15 is 0 Å². The van der Waals surface area contributed by atoms with Gasteiger partial charge in [0.1, 0.15) is 5.92 Å². The van der Waals surface area contributed by atoms with Crippen molar-refractivity contribution in [2.24, 2.45) is 11.8 Å². The fourth-order valence-electron chi connectivity index (χ4n) is 1.28. The third kappa shape index (κ3) is 1.60. The van der Waals surface area contributed by atoms with Crippen molar-refractivity contribution in [1.29, 1.82) is 5.26 Å². The highest BCUT2D eigenvalue weighted by Crippen LogP contribution is 2.43. The van der Waals surface area contributed by atoms with Crippen molar-refractivity contribution in [3.63, 3.8) is 0 Å². The van der Waals surface area contributed by atoms with Crippen LogP contribution in [0.15, 0.2) is 0 Å². The standard InChI is InChI=1S/C8H9F2NO/c1-5(4-11)7(12)6-2-8(9,10)3-6/h5-6H,2-3H2,1H3. The lowest BCUT2D eigenvalue weighted by Gasteiger charge is -2.34. The normalized spacial score (nSPS) is 23.8. The second-order valence-corrected chi connectivity index (χ2v) is 3.21. The lowest BCUT2D eigenvalue weighted by molar-refractivity contribution is -0.149. The molecule has 0 amide bonds. The van der Waals surface area contributed by atoms with Gasteiger partial charge in [0.05, 0.1) is 6.07 Å². The van der Waals surface area contributed by atoms with Crippen molar-refractivity contribution in [1.82, 2.24) is 0 Å². The summed E-state index contributed by atoms with van der Waals surface area (Å²) in [6, 6.07) is 1.75. The molecule has 0 saturated heterocycles. The number of Topliss-reactive ketones (excluding diaryl/α,β-unsaturated/α-hetero) is 1. The maximum atomic E-state index is 12.3. The minimum atomic E-state index is -2.67. The molecule has 1 atom stereocenters. The zero-order chi connectivity index (χ0) is 9.35. The van der Waals surface area contributed by atoms with Crippen molar-refractivity contribution in [3.05, 3.63) is 0 Å². The van der Waals surface area contributed by atoms with Gasteiger partial charge in [0.25, 0.3) is 0 Å². The Bertz CT molecular complexity index is 236. The van der Waals surface area contributed by atoms with Gasteiger partial charge >= 0.3 is 0 Å². The Morgan fingerprint density at radius 1 is 1.67 bits per heavy atom. The maximum absolute atomic E-state index is 12.3. The zero-order valence-electron chi connectivity index (χ0n) is 6.68. The summed E-state index contributed by atoms with van der Waals surface area (Å²) in [6.07, 6.45) is -0.754. The molecule has 1 aliphatic rings. The molecular weight excluding hydrogens is 164 g/mol. The van der Waals surface area contributed by atoms with E-state index in [1.807, 2.05) is 0 Å². The molecule has 1 aliphatic carbocycles. The van der Waals surface area contributed by atoms with Crippen molar-refractivity contribution >= 4 is 5.78 Å². The van der Waals surface area contributed by atoms with Gasteiger partial charge in [-0.3, -0.25) is 4.79 Å². The van der Waals surface area contributed by atoms with E-state index < -0.39 is 17.8 Å². The molecular formula is C8H9F2NO. The van der Waals surface area contributed by atoms with Crippen LogP contribution in [0.4, 0.5) is 8.78 Å². The number of nitrogens with zero attached hydrogens (tertiary/aromatic N) is 1. The molecule has 1 unspecified atom stereocenters. The number of rotatable bonds is 2. The number of nitriles is 1. The fourth-order valence-corrected chi connectivity index (χ4v) is 1.28. The van der Waals surface area contributed by atoms with Gasteiger partial charge in [-0.05, 0) is 6.92 Å². The molecule has 0 aliphatic heterocycles. The maximum Gasteiger partial charge on any atom is 0.249 e. The van der Waals surface area contributed by atoms with E-state index in [2.05, 4.69) is 0 Å². The SMILES string of the molecule is CC(C#N)C(=O)C1CC(F)(F)C1. The summed E-state index contributed by atoms with van der Waals surface area (Å²) in [5.74, 6) is -4.35. The first kappa shape index (κ1) is 9.11. The summed E-state index contributed by atoms with van der Waals surface area (Å²) in [5, 5.41) is 8.35.